The van der Waals surface area contributed by atoms with Crippen molar-refractivity contribution in [3.8, 4) is 0 Å². The van der Waals surface area contributed by atoms with Crippen LogP contribution in [0.2, 0.25) is 0 Å². The van der Waals surface area contributed by atoms with Gasteiger partial charge in [-0.15, -0.1) is 0 Å². The van der Waals surface area contributed by atoms with E-state index in [0.29, 0.717) is 5.82 Å². The molecule has 15 heavy (non-hydrogen) atoms. The van der Waals surface area contributed by atoms with Gasteiger partial charge in [-0.3, -0.25) is 0 Å². The average Bonchev–Trinajstić information content (AvgIpc) is 2.26. The van der Waals surface area contributed by atoms with E-state index in [2.05, 4.69) is 20.6 Å². The predicted molar refractivity (Wildman–Crippen MR) is 61.8 cm³/mol. The van der Waals surface area contributed by atoms with Gasteiger partial charge in [0.25, 0.3) is 0 Å². The number of rotatable bonds is 4. The number of nitrogen functional groups attached to an aromatic ring is 1. The Kier molecular flexibility index (Phi) is 3.61. The maximum Gasteiger partial charge on any atom is 0.221 e. The van der Waals surface area contributed by atoms with Crippen molar-refractivity contribution in [2.75, 3.05) is 25.1 Å². The molecule has 0 aliphatic rings. The number of nitrogens with zero attached hydrogens (tertiary/aromatic N) is 2. The van der Waals surface area contributed by atoms with Gasteiger partial charge in [0.2, 0.25) is 5.95 Å². The fraction of sp³-hybridized carbons (Fsp3) is 0.222. The van der Waals surface area contributed by atoms with Crippen molar-refractivity contribution in [3.05, 3.63) is 17.8 Å². The maximum absolute atomic E-state index is 7.03. The first kappa shape index (κ1) is 11.0. The maximum atomic E-state index is 7.03. The molecule has 1 heterocycles. The summed E-state index contributed by atoms with van der Waals surface area (Å²) in [5.74, 6) is 0.846. The van der Waals surface area contributed by atoms with Crippen LogP contribution >= 0.6 is 0 Å². The molecule has 1 aromatic rings. The Morgan fingerprint density at radius 3 is 2.80 bits per heavy atom. The predicted octanol–water partition coefficient (Wildman–Crippen LogP) is 0.310. The lowest BCUT2D eigenvalue weighted by Crippen LogP contribution is -2.10. The summed E-state index contributed by atoms with van der Waals surface area (Å²) >= 11 is 0. The van der Waals surface area contributed by atoms with Gasteiger partial charge in [-0.1, -0.05) is 0 Å². The zero-order valence-corrected chi connectivity index (χ0v) is 8.70. The number of nitrogens with two attached hydrogens (primary N) is 1. The van der Waals surface area contributed by atoms with Crippen LogP contribution in [0.3, 0.4) is 0 Å². The first-order valence-electron chi connectivity index (χ1n) is 4.42. The standard InChI is InChI=1S/C9H14N6/c1-12-7(3-4-10)6-5-14-9(11)15-8(6)13-2/h3-5,10,12H,1-2H3,(H3,11,13,14,15)/b7-3-,10-4?. The molecule has 0 aliphatic heterocycles. The molecule has 0 aromatic carbocycles. The summed E-state index contributed by atoms with van der Waals surface area (Å²) in [5, 5.41) is 12.9. The van der Waals surface area contributed by atoms with Gasteiger partial charge in [0.05, 0.1) is 5.56 Å². The third-order valence-corrected chi connectivity index (χ3v) is 1.85. The second-order valence-corrected chi connectivity index (χ2v) is 2.74. The molecule has 0 aliphatic carbocycles. The summed E-state index contributed by atoms with van der Waals surface area (Å²) in [4.78, 5) is 7.95. The fourth-order valence-electron chi connectivity index (χ4n) is 1.17. The Balaban J connectivity index is 3.22. The van der Waals surface area contributed by atoms with Crippen LogP contribution in [0.15, 0.2) is 12.3 Å². The van der Waals surface area contributed by atoms with Crippen LogP contribution in [0.4, 0.5) is 11.8 Å². The van der Waals surface area contributed by atoms with Gasteiger partial charge >= 0.3 is 0 Å². The highest BCUT2D eigenvalue weighted by atomic mass is 15.1. The molecule has 6 heteroatoms. The Morgan fingerprint density at radius 1 is 1.53 bits per heavy atom. The van der Waals surface area contributed by atoms with E-state index in [0.717, 1.165) is 11.3 Å². The molecule has 0 unspecified atom stereocenters. The lowest BCUT2D eigenvalue weighted by atomic mass is 10.2. The number of nitrogens with one attached hydrogen (secondary N) is 3. The number of aromatic nitrogens is 2. The van der Waals surface area contributed by atoms with Crippen LogP contribution in [-0.4, -0.2) is 30.3 Å². The molecule has 0 radical (unpaired) electrons. The molecule has 0 fully saturated rings. The first-order chi connectivity index (χ1) is 7.22. The van der Waals surface area contributed by atoms with E-state index in [1.807, 2.05) is 0 Å². The summed E-state index contributed by atoms with van der Waals surface area (Å²) in [6, 6.07) is 0. The van der Waals surface area contributed by atoms with Crippen molar-refractivity contribution < 1.29 is 0 Å². The van der Waals surface area contributed by atoms with E-state index in [4.69, 9.17) is 11.1 Å². The highest BCUT2D eigenvalue weighted by Gasteiger charge is 2.07. The Hall–Kier alpha value is -2.11. The van der Waals surface area contributed by atoms with Gasteiger partial charge in [-0.05, 0) is 6.08 Å². The largest absolute Gasteiger partial charge is 0.387 e. The van der Waals surface area contributed by atoms with Crippen LogP contribution < -0.4 is 16.4 Å². The first-order valence-corrected chi connectivity index (χ1v) is 4.42. The minimum atomic E-state index is 0.216. The van der Waals surface area contributed by atoms with Crippen molar-refractivity contribution in [1.29, 1.82) is 5.41 Å². The van der Waals surface area contributed by atoms with Crippen LogP contribution in [0.25, 0.3) is 5.70 Å². The number of hydrogen-bond acceptors (Lipinski definition) is 6. The number of hydrogen-bond donors (Lipinski definition) is 4. The van der Waals surface area contributed by atoms with E-state index >= 15 is 0 Å². The van der Waals surface area contributed by atoms with Crippen LogP contribution in [0.5, 0.6) is 0 Å². The van der Waals surface area contributed by atoms with E-state index in [9.17, 15) is 0 Å². The zero-order valence-electron chi connectivity index (χ0n) is 8.70. The number of allylic oxidation sites excluding steroid dienone is 1. The summed E-state index contributed by atoms with van der Waals surface area (Å²) in [5.41, 5.74) is 7.01. The molecular formula is C9H14N6. The molecule has 1 rings (SSSR count). The molecule has 0 bridgehead atoms. The third kappa shape index (κ3) is 2.43. The summed E-state index contributed by atoms with van der Waals surface area (Å²) in [7, 11) is 3.52. The molecule has 1 aromatic heterocycles. The van der Waals surface area contributed by atoms with Gasteiger partial charge < -0.3 is 21.8 Å². The zero-order chi connectivity index (χ0) is 11.3. The highest BCUT2D eigenvalue weighted by molar-refractivity contribution is 5.84. The lowest BCUT2D eigenvalue weighted by molar-refractivity contribution is 1.09. The highest BCUT2D eigenvalue weighted by Crippen LogP contribution is 2.18. The molecule has 0 saturated carbocycles. The lowest BCUT2D eigenvalue weighted by Gasteiger charge is -2.10. The Bertz CT molecular complexity index is 384. The molecule has 0 saturated heterocycles. The topological polar surface area (TPSA) is 99.7 Å². The fourth-order valence-corrected chi connectivity index (χ4v) is 1.17. The molecular weight excluding hydrogens is 192 g/mol. The summed E-state index contributed by atoms with van der Waals surface area (Å²) in [6.45, 7) is 0. The quantitative estimate of drug-likeness (QED) is 0.531. The molecule has 6 nitrogen and oxygen atoms in total. The van der Waals surface area contributed by atoms with Crippen molar-refractivity contribution in [2.24, 2.45) is 0 Å². The smallest absolute Gasteiger partial charge is 0.221 e. The molecule has 80 valence electrons. The van der Waals surface area contributed by atoms with Crippen LogP contribution in [0.1, 0.15) is 5.56 Å². The van der Waals surface area contributed by atoms with Gasteiger partial charge in [-0.25, -0.2) is 4.98 Å². The van der Waals surface area contributed by atoms with Crippen molar-refractivity contribution in [1.82, 2.24) is 15.3 Å². The second kappa shape index (κ2) is 4.94. The molecule has 5 N–H and O–H groups in total. The minimum absolute atomic E-state index is 0.216. The Morgan fingerprint density at radius 2 is 2.27 bits per heavy atom. The van der Waals surface area contributed by atoms with Crippen LogP contribution in [-0.2, 0) is 0 Å². The SMILES string of the molecule is CN/C(=C\C=N)c1cnc(N)nc1NC. The monoisotopic (exact) mass is 206 g/mol. The van der Waals surface area contributed by atoms with Gasteiger partial charge in [-0.2, -0.15) is 4.98 Å². The average molecular weight is 206 g/mol. The van der Waals surface area contributed by atoms with E-state index < -0.39 is 0 Å². The Labute approximate surface area is 88.1 Å². The molecule has 0 atom stereocenters. The van der Waals surface area contributed by atoms with Gasteiger partial charge in [0.1, 0.15) is 5.82 Å². The molecule has 0 amide bonds. The normalized spacial score (nSPS) is 10.9. The number of anilines is 2. The second-order valence-electron chi connectivity index (χ2n) is 2.74. The third-order valence-electron chi connectivity index (χ3n) is 1.85. The summed E-state index contributed by atoms with van der Waals surface area (Å²) in [6.07, 6.45) is 4.43. The van der Waals surface area contributed by atoms with Crippen molar-refractivity contribution in [2.45, 2.75) is 0 Å². The van der Waals surface area contributed by atoms with E-state index in [1.54, 1.807) is 26.4 Å². The van der Waals surface area contributed by atoms with Crippen molar-refractivity contribution in [3.63, 3.8) is 0 Å². The van der Waals surface area contributed by atoms with E-state index in [1.165, 1.54) is 6.21 Å². The van der Waals surface area contributed by atoms with Crippen molar-refractivity contribution >= 4 is 23.7 Å². The van der Waals surface area contributed by atoms with E-state index in [-0.39, 0.29) is 5.95 Å². The minimum Gasteiger partial charge on any atom is -0.387 e. The van der Waals surface area contributed by atoms with Crippen LogP contribution in [0, 0.1) is 5.41 Å². The summed E-state index contributed by atoms with van der Waals surface area (Å²) < 4.78 is 0. The molecule has 0 spiro atoms. The van der Waals surface area contributed by atoms with Gasteiger partial charge in [0, 0.05) is 32.2 Å². The van der Waals surface area contributed by atoms with Gasteiger partial charge in [0.15, 0.2) is 0 Å².